The summed E-state index contributed by atoms with van der Waals surface area (Å²) < 4.78 is 13.0. The van der Waals surface area contributed by atoms with E-state index in [-0.39, 0.29) is 11.7 Å². The molecule has 2 aromatic rings. The Kier molecular flexibility index (Phi) is 9.15. The van der Waals surface area contributed by atoms with Gasteiger partial charge in [0, 0.05) is 31.7 Å². The molecule has 0 fully saturated rings. The zero-order valence-electron chi connectivity index (χ0n) is 17.5. The van der Waals surface area contributed by atoms with Gasteiger partial charge in [0.2, 0.25) is 0 Å². The van der Waals surface area contributed by atoms with Crippen molar-refractivity contribution in [3.05, 3.63) is 71.0 Å². The van der Waals surface area contributed by atoms with E-state index in [0.717, 1.165) is 30.1 Å². The third-order valence-corrected chi connectivity index (χ3v) is 4.63. The second-order valence-corrected chi connectivity index (χ2v) is 6.67. The van der Waals surface area contributed by atoms with Gasteiger partial charge in [0.25, 0.3) is 5.91 Å². The lowest BCUT2D eigenvalue weighted by molar-refractivity contribution is 0.0773. The summed E-state index contributed by atoms with van der Waals surface area (Å²) in [5.74, 6) is 0.570. The molecule has 0 aliphatic rings. The van der Waals surface area contributed by atoms with Crippen molar-refractivity contribution < 1.29 is 9.18 Å². The average Bonchev–Trinajstić information content (AvgIpc) is 2.74. The van der Waals surface area contributed by atoms with Crippen LogP contribution >= 0.6 is 0 Å². The zero-order valence-corrected chi connectivity index (χ0v) is 17.5. The predicted molar refractivity (Wildman–Crippen MR) is 117 cm³/mol. The molecule has 0 aliphatic carbocycles. The van der Waals surface area contributed by atoms with Crippen molar-refractivity contribution in [3.8, 4) is 0 Å². The number of carbonyl (C=O) groups is 1. The Bertz CT molecular complexity index is 784. The second kappa shape index (κ2) is 11.8. The molecule has 0 aromatic heterocycles. The van der Waals surface area contributed by atoms with E-state index in [2.05, 4.69) is 15.6 Å². The van der Waals surface area contributed by atoms with E-state index in [1.54, 1.807) is 12.1 Å². The van der Waals surface area contributed by atoms with Crippen LogP contribution in [-0.4, -0.2) is 42.9 Å². The lowest BCUT2D eigenvalue weighted by Crippen LogP contribution is -2.38. The molecule has 6 heteroatoms. The van der Waals surface area contributed by atoms with Gasteiger partial charge in [-0.3, -0.25) is 4.79 Å². The van der Waals surface area contributed by atoms with Gasteiger partial charge in [-0.2, -0.15) is 0 Å². The third-order valence-electron chi connectivity index (χ3n) is 4.63. The first-order valence-electron chi connectivity index (χ1n) is 10.2. The number of aliphatic imine (C=N–C) groups is 1. The third kappa shape index (κ3) is 7.22. The topological polar surface area (TPSA) is 56.7 Å². The molecule has 0 spiro atoms. The number of halogens is 1. The van der Waals surface area contributed by atoms with E-state index in [4.69, 9.17) is 0 Å². The molecule has 2 N–H and O–H groups in total. The zero-order chi connectivity index (χ0) is 21.1. The lowest BCUT2D eigenvalue weighted by Gasteiger charge is -2.18. The fourth-order valence-corrected chi connectivity index (χ4v) is 2.93. The molecule has 2 aromatic carbocycles. The summed E-state index contributed by atoms with van der Waals surface area (Å²) in [5.41, 5.74) is 2.81. The van der Waals surface area contributed by atoms with Gasteiger partial charge in [-0.05, 0) is 62.6 Å². The minimum absolute atomic E-state index is 0.0563. The van der Waals surface area contributed by atoms with Gasteiger partial charge in [-0.15, -0.1) is 0 Å². The summed E-state index contributed by atoms with van der Waals surface area (Å²) in [6.07, 6.45) is 0.785. The second-order valence-electron chi connectivity index (χ2n) is 6.67. The molecule has 0 atom stereocenters. The molecule has 0 saturated carbocycles. The maximum atomic E-state index is 13.0. The number of hydrogen-bond donors (Lipinski definition) is 2. The van der Waals surface area contributed by atoms with Crippen LogP contribution in [0, 0.1) is 5.82 Å². The summed E-state index contributed by atoms with van der Waals surface area (Å²) >= 11 is 0. The van der Waals surface area contributed by atoms with Crippen LogP contribution in [0.2, 0.25) is 0 Å². The highest BCUT2D eigenvalue weighted by Gasteiger charge is 2.11. The molecule has 0 aliphatic heterocycles. The van der Waals surface area contributed by atoms with Crippen molar-refractivity contribution in [1.29, 1.82) is 0 Å². The number of nitrogens with zero attached hydrogens (tertiary/aromatic N) is 2. The predicted octanol–water partition coefficient (Wildman–Crippen LogP) is 3.61. The van der Waals surface area contributed by atoms with Gasteiger partial charge >= 0.3 is 0 Å². The van der Waals surface area contributed by atoms with Gasteiger partial charge < -0.3 is 15.5 Å². The van der Waals surface area contributed by atoms with Crippen LogP contribution in [0.3, 0.4) is 0 Å². The number of amides is 1. The van der Waals surface area contributed by atoms with Gasteiger partial charge in [-0.25, -0.2) is 9.38 Å². The highest BCUT2D eigenvalue weighted by atomic mass is 19.1. The van der Waals surface area contributed by atoms with Crippen LogP contribution in [0.5, 0.6) is 0 Å². The molecular weight excluding hydrogens is 367 g/mol. The van der Waals surface area contributed by atoms with Crippen molar-refractivity contribution in [3.63, 3.8) is 0 Å². The highest BCUT2D eigenvalue weighted by molar-refractivity contribution is 5.94. The standard InChI is InChI=1S/C23H31FN4O/c1-4-25-23(26-16-15-18-9-13-21(24)14-10-18)27-17-19-7-11-20(12-8-19)22(29)28(5-2)6-3/h7-14H,4-6,15-17H2,1-3H3,(H2,25,26,27). The van der Waals surface area contributed by atoms with E-state index in [0.29, 0.717) is 31.7 Å². The summed E-state index contributed by atoms with van der Waals surface area (Å²) in [6.45, 7) is 9.38. The minimum atomic E-state index is -0.221. The Morgan fingerprint density at radius 1 is 0.931 bits per heavy atom. The first-order valence-corrected chi connectivity index (χ1v) is 10.2. The van der Waals surface area contributed by atoms with E-state index in [1.807, 2.05) is 49.9 Å². The highest BCUT2D eigenvalue weighted by Crippen LogP contribution is 2.09. The van der Waals surface area contributed by atoms with Crippen LogP contribution in [0.15, 0.2) is 53.5 Å². The summed E-state index contributed by atoms with van der Waals surface area (Å²) in [4.78, 5) is 18.8. The molecular formula is C23H31FN4O. The van der Waals surface area contributed by atoms with E-state index in [1.165, 1.54) is 12.1 Å². The number of nitrogens with one attached hydrogen (secondary N) is 2. The summed E-state index contributed by atoms with van der Waals surface area (Å²) in [6, 6.07) is 14.2. The molecule has 2 rings (SSSR count). The van der Waals surface area contributed by atoms with Gasteiger partial charge in [-0.1, -0.05) is 24.3 Å². The monoisotopic (exact) mass is 398 g/mol. The van der Waals surface area contributed by atoms with E-state index >= 15 is 0 Å². The number of guanidine groups is 1. The van der Waals surface area contributed by atoms with Gasteiger partial charge in [0.05, 0.1) is 6.54 Å². The van der Waals surface area contributed by atoms with Gasteiger partial charge in [0.1, 0.15) is 5.82 Å². The first kappa shape index (κ1) is 22.4. The van der Waals surface area contributed by atoms with Crippen LogP contribution in [-0.2, 0) is 13.0 Å². The van der Waals surface area contributed by atoms with Crippen molar-refractivity contribution in [2.24, 2.45) is 4.99 Å². The molecule has 5 nitrogen and oxygen atoms in total. The summed E-state index contributed by atoms with van der Waals surface area (Å²) in [7, 11) is 0. The Balaban J connectivity index is 1.91. The average molecular weight is 399 g/mol. The van der Waals surface area contributed by atoms with Crippen molar-refractivity contribution >= 4 is 11.9 Å². The van der Waals surface area contributed by atoms with E-state index < -0.39 is 0 Å². The Labute approximate surface area is 173 Å². The first-order chi connectivity index (χ1) is 14.1. The molecule has 0 bridgehead atoms. The Morgan fingerprint density at radius 2 is 1.55 bits per heavy atom. The molecule has 0 heterocycles. The molecule has 0 radical (unpaired) electrons. The Hall–Kier alpha value is -2.89. The minimum Gasteiger partial charge on any atom is -0.357 e. The number of benzene rings is 2. The smallest absolute Gasteiger partial charge is 0.253 e. The van der Waals surface area contributed by atoms with Crippen molar-refractivity contribution in [2.45, 2.75) is 33.7 Å². The van der Waals surface area contributed by atoms with Gasteiger partial charge in [0.15, 0.2) is 5.96 Å². The lowest BCUT2D eigenvalue weighted by atomic mass is 10.1. The SMILES string of the molecule is CCNC(=NCc1ccc(C(=O)N(CC)CC)cc1)NCCc1ccc(F)cc1. The maximum absolute atomic E-state index is 13.0. The normalized spacial score (nSPS) is 11.2. The maximum Gasteiger partial charge on any atom is 0.253 e. The Morgan fingerprint density at radius 3 is 2.14 bits per heavy atom. The molecule has 0 saturated heterocycles. The van der Waals surface area contributed by atoms with E-state index in [9.17, 15) is 9.18 Å². The quantitative estimate of drug-likeness (QED) is 0.501. The molecule has 156 valence electrons. The fraction of sp³-hybridized carbons (Fsp3) is 0.391. The molecule has 29 heavy (non-hydrogen) atoms. The largest absolute Gasteiger partial charge is 0.357 e. The van der Waals surface area contributed by atoms with Crippen molar-refractivity contribution in [2.75, 3.05) is 26.2 Å². The van der Waals surface area contributed by atoms with Crippen molar-refractivity contribution in [1.82, 2.24) is 15.5 Å². The van der Waals surface area contributed by atoms with Crippen LogP contribution < -0.4 is 10.6 Å². The molecule has 0 unspecified atom stereocenters. The fourth-order valence-electron chi connectivity index (χ4n) is 2.93. The van der Waals surface area contributed by atoms with Crippen LogP contribution in [0.25, 0.3) is 0 Å². The number of rotatable bonds is 9. The number of hydrogen-bond acceptors (Lipinski definition) is 2. The number of carbonyl (C=O) groups excluding carboxylic acids is 1. The molecule has 1 amide bonds. The van der Waals surface area contributed by atoms with Crippen LogP contribution in [0.1, 0.15) is 42.3 Å². The summed E-state index contributed by atoms with van der Waals surface area (Å²) in [5, 5.41) is 6.52. The van der Waals surface area contributed by atoms with Crippen LogP contribution in [0.4, 0.5) is 4.39 Å².